The van der Waals surface area contributed by atoms with Gasteiger partial charge in [-0.25, -0.2) is 0 Å². The molecule has 0 saturated heterocycles. The second-order valence-corrected chi connectivity index (χ2v) is 0.606. The molecule has 0 heterocycles. The van der Waals surface area contributed by atoms with Crippen molar-refractivity contribution in [3.63, 3.8) is 0 Å². The number of rotatable bonds is 1. The molecule has 0 radical (unpaired) electrons. The lowest BCUT2D eigenvalue weighted by molar-refractivity contribution is -0.113. The summed E-state index contributed by atoms with van der Waals surface area (Å²) >= 11 is 0. The summed E-state index contributed by atoms with van der Waals surface area (Å²) < 4.78 is 0. The van der Waals surface area contributed by atoms with Crippen LogP contribution in [0.3, 0.4) is 0 Å². The summed E-state index contributed by atoms with van der Waals surface area (Å²) in [5.41, 5.74) is 4.53. The minimum atomic E-state index is -0.481. The van der Waals surface area contributed by atoms with Gasteiger partial charge in [-0.05, 0) is 6.08 Å². The Morgan fingerprint density at radius 1 is 1.86 bits per heavy atom. The maximum absolute atomic E-state index is 9.47. The lowest BCUT2D eigenvalue weighted by Crippen LogP contribution is -2.04. The lowest BCUT2D eigenvalue weighted by Gasteiger charge is -1.65. The molecule has 0 aromatic rings. The Balaban J connectivity index is 0. The Morgan fingerprint density at radius 3 is 2.00 bits per heavy atom. The minimum Gasteiger partial charge on any atom is -0.366 e. The Morgan fingerprint density at radius 2 is 2.00 bits per heavy atom. The third kappa shape index (κ3) is 27.8. The molecular weight excluding hydrogens is 109 g/mol. The van der Waals surface area contributed by atoms with E-state index >= 15 is 0 Å². The molecule has 0 fully saturated rings. The van der Waals surface area contributed by atoms with Crippen LogP contribution in [0.2, 0.25) is 0 Å². The molecule has 0 saturated carbocycles. The van der Waals surface area contributed by atoms with E-state index in [0.717, 1.165) is 6.08 Å². The Kier molecular flexibility index (Phi) is 12.8. The van der Waals surface area contributed by atoms with Crippen molar-refractivity contribution in [2.75, 3.05) is 6.66 Å². The number of hydrogen-bond acceptors (Lipinski definition) is 1. The van der Waals surface area contributed by atoms with Gasteiger partial charge in [-0.2, -0.15) is 0 Å². The standard InChI is InChI=1S/C3H5NO.CH5P/c1-2-3(4)5;1-2/h2H,1H2,(H2,4,5);2H2,1H3. The van der Waals surface area contributed by atoms with Crippen LogP contribution < -0.4 is 5.73 Å². The van der Waals surface area contributed by atoms with Crippen LogP contribution in [0, 0.1) is 0 Å². The average molecular weight is 119 g/mol. The van der Waals surface area contributed by atoms with Crippen molar-refractivity contribution >= 4 is 15.1 Å². The topological polar surface area (TPSA) is 43.1 Å². The number of carbonyl (C=O) groups is 1. The second kappa shape index (κ2) is 9.16. The zero-order valence-corrected chi connectivity index (χ0v) is 5.50. The zero-order chi connectivity index (χ0) is 6.28. The van der Waals surface area contributed by atoms with Crippen molar-refractivity contribution in [1.82, 2.24) is 0 Å². The first kappa shape index (κ1) is 9.81. The van der Waals surface area contributed by atoms with E-state index in [9.17, 15) is 4.79 Å². The van der Waals surface area contributed by atoms with Gasteiger partial charge >= 0.3 is 0 Å². The molecule has 0 bridgehead atoms. The molecule has 2 N–H and O–H groups in total. The fourth-order valence-electron chi connectivity index (χ4n) is 0. The van der Waals surface area contributed by atoms with Crippen LogP contribution in [0.1, 0.15) is 0 Å². The van der Waals surface area contributed by atoms with E-state index in [1.54, 1.807) is 0 Å². The molecular formula is C4H10NOP. The van der Waals surface area contributed by atoms with Crippen LogP contribution >= 0.6 is 9.24 Å². The molecule has 0 aromatic carbocycles. The van der Waals surface area contributed by atoms with Gasteiger partial charge in [0.05, 0.1) is 0 Å². The zero-order valence-electron chi connectivity index (χ0n) is 4.35. The summed E-state index contributed by atoms with van der Waals surface area (Å²) in [5.74, 6) is -0.481. The van der Waals surface area contributed by atoms with E-state index in [4.69, 9.17) is 0 Å². The summed E-state index contributed by atoms with van der Waals surface area (Å²) in [5, 5.41) is 0. The fourth-order valence-corrected chi connectivity index (χ4v) is 0. The van der Waals surface area contributed by atoms with Crippen molar-refractivity contribution in [1.29, 1.82) is 0 Å². The van der Waals surface area contributed by atoms with Gasteiger partial charge in [0.15, 0.2) is 0 Å². The first-order chi connectivity index (χ1) is 3.27. The normalized spacial score (nSPS) is 5.43. The van der Waals surface area contributed by atoms with Crippen molar-refractivity contribution in [3.05, 3.63) is 12.7 Å². The molecule has 1 atom stereocenters. The van der Waals surface area contributed by atoms with E-state index in [2.05, 4.69) is 21.6 Å². The minimum absolute atomic E-state index is 0.481. The first-order valence-corrected chi connectivity index (χ1v) is 2.92. The molecule has 0 aliphatic rings. The third-order valence-electron chi connectivity index (χ3n) is 0.201. The molecule has 7 heavy (non-hydrogen) atoms. The van der Waals surface area contributed by atoms with Crippen molar-refractivity contribution in [2.24, 2.45) is 5.73 Å². The smallest absolute Gasteiger partial charge is 0.240 e. The molecule has 1 amide bonds. The Bertz CT molecular complexity index is 62.7. The number of amides is 1. The van der Waals surface area contributed by atoms with Gasteiger partial charge in [-0.3, -0.25) is 4.79 Å². The highest BCUT2D eigenvalue weighted by atomic mass is 31.0. The second-order valence-electron chi connectivity index (χ2n) is 0.606. The molecule has 3 heteroatoms. The summed E-state index contributed by atoms with van der Waals surface area (Å²) in [4.78, 5) is 9.47. The fraction of sp³-hybridized carbons (Fsp3) is 0.250. The highest BCUT2D eigenvalue weighted by Gasteiger charge is 1.69. The highest BCUT2D eigenvalue weighted by molar-refractivity contribution is 7.15. The highest BCUT2D eigenvalue weighted by Crippen LogP contribution is 1.48. The van der Waals surface area contributed by atoms with Gasteiger partial charge in [0.2, 0.25) is 5.91 Å². The average Bonchev–Trinajstić information content (AvgIpc) is 1.73. The molecule has 0 spiro atoms. The summed E-state index contributed by atoms with van der Waals surface area (Å²) in [6.45, 7) is 5.00. The van der Waals surface area contributed by atoms with Crippen molar-refractivity contribution in [3.8, 4) is 0 Å². The third-order valence-corrected chi connectivity index (χ3v) is 0.201. The van der Waals surface area contributed by atoms with Crippen LogP contribution in [0.25, 0.3) is 0 Å². The number of nitrogens with two attached hydrogens (primary N) is 1. The largest absolute Gasteiger partial charge is 0.366 e. The maximum atomic E-state index is 9.47. The molecule has 0 aliphatic carbocycles. The van der Waals surface area contributed by atoms with E-state index in [1.807, 2.05) is 6.66 Å². The van der Waals surface area contributed by atoms with E-state index in [1.165, 1.54) is 0 Å². The number of primary amides is 1. The van der Waals surface area contributed by atoms with Gasteiger partial charge < -0.3 is 5.73 Å². The lowest BCUT2D eigenvalue weighted by atomic mass is 10.6. The Hall–Kier alpha value is -0.360. The van der Waals surface area contributed by atoms with Crippen molar-refractivity contribution < 1.29 is 4.79 Å². The predicted octanol–water partition coefficient (Wildman–Crippen LogP) is 0.149. The molecule has 42 valence electrons. The molecule has 0 aliphatic heterocycles. The first-order valence-electron chi connectivity index (χ1n) is 1.77. The van der Waals surface area contributed by atoms with Crippen molar-refractivity contribution in [2.45, 2.75) is 0 Å². The number of hydrogen-bond donors (Lipinski definition) is 1. The molecule has 1 unspecified atom stereocenters. The monoisotopic (exact) mass is 119 g/mol. The van der Waals surface area contributed by atoms with Gasteiger partial charge in [-0.15, -0.1) is 9.24 Å². The molecule has 0 aromatic heterocycles. The summed E-state index contributed by atoms with van der Waals surface area (Å²) in [6.07, 6.45) is 1.06. The van der Waals surface area contributed by atoms with Gasteiger partial charge in [0.1, 0.15) is 0 Å². The van der Waals surface area contributed by atoms with Crippen LogP contribution in [0.4, 0.5) is 0 Å². The molecule has 2 nitrogen and oxygen atoms in total. The quantitative estimate of drug-likeness (QED) is 0.387. The summed E-state index contributed by atoms with van der Waals surface area (Å²) in [7, 11) is 2.42. The summed E-state index contributed by atoms with van der Waals surface area (Å²) in [6, 6.07) is 0. The van der Waals surface area contributed by atoms with Gasteiger partial charge in [-0.1, -0.05) is 13.2 Å². The molecule has 0 rings (SSSR count). The predicted molar refractivity (Wildman–Crippen MR) is 35.0 cm³/mol. The van der Waals surface area contributed by atoms with Gasteiger partial charge in [0.25, 0.3) is 0 Å². The van der Waals surface area contributed by atoms with Crippen LogP contribution in [0.5, 0.6) is 0 Å². The van der Waals surface area contributed by atoms with Crippen LogP contribution in [-0.4, -0.2) is 12.6 Å². The van der Waals surface area contributed by atoms with Crippen LogP contribution in [0.15, 0.2) is 12.7 Å². The Labute approximate surface area is 46.0 Å². The maximum Gasteiger partial charge on any atom is 0.240 e. The van der Waals surface area contributed by atoms with E-state index in [-0.39, 0.29) is 0 Å². The van der Waals surface area contributed by atoms with E-state index in [0.29, 0.717) is 0 Å². The van der Waals surface area contributed by atoms with Crippen LogP contribution in [-0.2, 0) is 4.79 Å². The number of carbonyl (C=O) groups excluding carboxylic acids is 1. The van der Waals surface area contributed by atoms with E-state index < -0.39 is 5.91 Å². The van der Waals surface area contributed by atoms with Gasteiger partial charge in [0, 0.05) is 0 Å². The SMILES string of the molecule is C=CC(N)=O.CP.